The number of benzene rings is 1. The molecule has 0 aliphatic rings. The van der Waals surface area contributed by atoms with Crippen LogP contribution < -0.4 is 15.4 Å². The first kappa shape index (κ1) is 14.8. The Morgan fingerprint density at radius 3 is 2.67 bits per heavy atom. The fourth-order valence-electron chi connectivity index (χ4n) is 1.45. The van der Waals surface area contributed by atoms with E-state index >= 15 is 0 Å². The third-order valence-electron chi connectivity index (χ3n) is 2.38. The Morgan fingerprint density at radius 1 is 1.29 bits per heavy atom. The number of ether oxygens (including phenoxy) is 1. The summed E-state index contributed by atoms with van der Waals surface area (Å²) >= 11 is 1.46. The highest BCUT2D eigenvalue weighted by molar-refractivity contribution is 7.09. The largest absolute Gasteiger partial charge is 0.482 e. The number of aliphatic carboxylic acids is 1. The number of anilines is 1. The lowest BCUT2D eigenvalue weighted by molar-refractivity contribution is -0.139. The molecule has 0 saturated heterocycles. The van der Waals surface area contributed by atoms with Crippen molar-refractivity contribution in [2.24, 2.45) is 0 Å². The van der Waals surface area contributed by atoms with Crippen LogP contribution in [0.3, 0.4) is 0 Å². The minimum Gasteiger partial charge on any atom is -0.482 e. The Bertz CT molecular complexity index is 598. The van der Waals surface area contributed by atoms with Gasteiger partial charge in [-0.3, -0.25) is 4.98 Å². The molecule has 0 fully saturated rings. The van der Waals surface area contributed by atoms with Crippen molar-refractivity contribution in [3.63, 3.8) is 0 Å². The summed E-state index contributed by atoms with van der Waals surface area (Å²) in [6.45, 7) is 0.0123. The molecule has 0 unspecified atom stereocenters. The maximum atomic E-state index is 11.7. The molecule has 0 atom stereocenters. The average molecular weight is 307 g/mol. The first-order valence-corrected chi connectivity index (χ1v) is 6.88. The zero-order chi connectivity index (χ0) is 15.1. The second-order valence-corrected chi connectivity index (χ2v) is 4.95. The predicted molar refractivity (Wildman–Crippen MR) is 77.5 cm³/mol. The SMILES string of the molecule is O=C(O)COc1ccc(NC(=O)NCc2cncs2)cc1. The summed E-state index contributed by atoms with van der Waals surface area (Å²) < 4.78 is 4.99. The number of nitrogens with one attached hydrogen (secondary N) is 2. The second-order valence-electron chi connectivity index (χ2n) is 3.98. The zero-order valence-corrected chi connectivity index (χ0v) is 11.7. The number of hydrogen-bond donors (Lipinski definition) is 3. The van der Waals surface area contributed by atoms with E-state index in [0.717, 1.165) is 4.88 Å². The number of rotatable bonds is 6. The summed E-state index contributed by atoms with van der Waals surface area (Å²) in [6, 6.07) is 6.10. The van der Waals surface area contributed by atoms with Crippen LogP contribution in [0.1, 0.15) is 4.88 Å². The van der Waals surface area contributed by atoms with Crippen molar-refractivity contribution in [1.29, 1.82) is 0 Å². The molecule has 1 heterocycles. The van der Waals surface area contributed by atoms with Crippen molar-refractivity contribution >= 4 is 29.0 Å². The lowest BCUT2D eigenvalue weighted by Crippen LogP contribution is -2.27. The van der Waals surface area contributed by atoms with E-state index in [1.165, 1.54) is 11.3 Å². The van der Waals surface area contributed by atoms with Crippen molar-refractivity contribution in [2.45, 2.75) is 6.54 Å². The second kappa shape index (κ2) is 7.25. The fraction of sp³-hybridized carbons (Fsp3) is 0.154. The molecule has 110 valence electrons. The van der Waals surface area contributed by atoms with Gasteiger partial charge in [-0.2, -0.15) is 0 Å². The van der Waals surface area contributed by atoms with E-state index in [2.05, 4.69) is 15.6 Å². The maximum absolute atomic E-state index is 11.7. The van der Waals surface area contributed by atoms with Crippen LogP contribution in [0, 0.1) is 0 Å². The number of nitrogens with zero attached hydrogens (tertiary/aromatic N) is 1. The molecule has 0 bridgehead atoms. The number of amides is 2. The monoisotopic (exact) mass is 307 g/mol. The minimum absolute atomic E-state index is 0.331. The number of thiazole rings is 1. The molecule has 7 nitrogen and oxygen atoms in total. The van der Waals surface area contributed by atoms with E-state index in [4.69, 9.17) is 9.84 Å². The van der Waals surface area contributed by atoms with Crippen molar-refractivity contribution < 1.29 is 19.4 Å². The van der Waals surface area contributed by atoms with Gasteiger partial charge in [0, 0.05) is 16.8 Å². The van der Waals surface area contributed by atoms with Gasteiger partial charge in [0.05, 0.1) is 12.1 Å². The van der Waals surface area contributed by atoms with E-state index in [1.54, 1.807) is 36.0 Å². The molecule has 2 aromatic rings. The van der Waals surface area contributed by atoms with E-state index < -0.39 is 12.6 Å². The molecule has 3 N–H and O–H groups in total. The van der Waals surface area contributed by atoms with Crippen LogP contribution in [0.5, 0.6) is 5.75 Å². The third-order valence-corrected chi connectivity index (χ3v) is 3.16. The smallest absolute Gasteiger partial charge is 0.341 e. The van der Waals surface area contributed by atoms with Crippen LogP contribution in [-0.4, -0.2) is 28.7 Å². The molecule has 8 heteroatoms. The van der Waals surface area contributed by atoms with Gasteiger partial charge in [-0.25, -0.2) is 9.59 Å². The third kappa shape index (κ3) is 5.11. The quantitative estimate of drug-likeness (QED) is 0.757. The van der Waals surface area contributed by atoms with Crippen LogP contribution in [0.4, 0.5) is 10.5 Å². The molecule has 1 aromatic carbocycles. The number of carboxylic acids is 1. The number of carboxylic acid groups (broad SMARTS) is 1. The van der Waals surface area contributed by atoms with E-state index in [-0.39, 0.29) is 6.03 Å². The number of urea groups is 1. The van der Waals surface area contributed by atoms with Gasteiger partial charge < -0.3 is 20.5 Å². The molecule has 0 spiro atoms. The summed E-state index contributed by atoms with van der Waals surface area (Å²) in [5.41, 5.74) is 2.28. The number of hydrogen-bond acceptors (Lipinski definition) is 5. The summed E-state index contributed by atoms with van der Waals surface area (Å²) in [5.74, 6) is -0.618. The van der Waals surface area contributed by atoms with Gasteiger partial charge in [-0.15, -0.1) is 11.3 Å². The number of carbonyl (C=O) groups excluding carboxylic acids is 1. The van der Waals surface area contributed by atoms with Crippen LogP contribution >= 0.6 is 11.3 Å². The maximum Gasteiger partial charge on any atom is 0.341 e. The molecular formula is C13H13N3O4S. The Balaban J connectivity index is 1.79. The first-order valence-electron chi connectivity index (χ1n) is 6.00. The highest BCUT2D eigenvalue weighted by Crippen LogP contribution is 2.15. The normalized spacial score (nSPS) is 9.90. The van der Waals surface area contributed by atoms with Gasteiger partial charge in [0.25, 0.3) is 0 Å². The summed E-state index contributed by atoms with van der Waals surface area (Å²) in [6.07, 6.45) is 1.69. The van der Waals surface area contributed by atoms with Gasteiger partial charge in [0.2, 0.25) is 0 Å². The van der Waals surface area contributed by atoms with Crippen LogP contribution in [0.2, 0.25) is 0 Å². The first-order chi connectivity index (χ1) is 10.1. The van der Waals surface area contributed by atoms with E-state index in [1.807, 2.05) is 0 Å². The molecule has 0 aliphatic heterocycles. The lowest BCUT2D eigenvalue weighted by atomic mass is 10.3. The molecule has 0 radical (unpaired) electrons. The van der Waals surface area contributed by atoms with Gasteiger partial charge >= 0.3 is 12.0 Å². The highest BCUT2D eigenvalue weighted by Gasteiger charge is 2.03. The van der Waals surface area contributed by atoms with Crippen LogP contribution in [0.25, 0.3) is 0 Å². The van der Waals surface area contributed by atoms with Crippen molar-refractivity contribution in [3.8, 4) is 5.75 Å². The molecule has 2 amide bonds. The predicted octanol–water partition coefficient (Wildman–Crippen LogP) is 1.93. The van der Waals surface area contributed by atoms with Gasteiger partial charge in [0.1, 0.15) is 5.75 Å². The van der Waals surface area contributed by atoms with Gasteiger partial charge in [-0.1, -0.05) is 0 Å². The lowest BCUT2D eigenvalue weighted by Gasteiger charge is -2.08. The molecular weight excluding hydrogens is 294 g/mol. The Morgan fingerprint density at radius 2 is 2.05 bits per heavy atom. The Hall–Kier alpha value is -2.61. The van der Waals surface area contributed by atoms with Crippen molar-refractivity contribution in [3.05, 3.63) is 40.8 Å². The molecule has 2 rings (SSSR count). The molecule has 0 saturated carbocycles. The zero-order valence-electron chi connectivity index (χ0n) is 10.9. The number of carbonyl (C=O) groups is 2. The summed E-state index contributed by atoms with van der Waals surface area (Å²) in [5, 5.41) is 13.9. The summed E-state index contributed by atoms with van der Waals surface area (Å²) in [7, 11) is 0. The average Bonchev–Trinajstić information content (AvgIpc) is 2.98. The summed E-state index contributed by atoms with van der Waals surface area (Å²) in [4.78, 5) is 26.9. The molecule has 21 heavy (non-hydrogen) atoms. The standard InChI is InChI=1S/C13H13N3O4S/c17-12(18)7-20-10-3-1-9(2-4-10)16-13(19)15-6-11-5-14-8-21-11/h1-5,8H,6-7H2,(H,17,18)(H2,15,16,19). The van der Waals surface area contributed by atoms with Gasteiger partial charge in [0.15, 0.2) is 6.61 Å². The number of aromatic nitrogens is 1. The van der Waals surface area contributed by atoms with Crippen molar-refractivity contribution in [1.82, 2.24) is 10.3 Å². The van der Waals surface area contributed by atoms with E-state index in [0.29, 0.717) is 18.0 Å². The highest BCUT2D eigenvalue weighted by atomic mass is 32.1. The minimum atomic E-state index is -1.04. The van der Waals surface area contributed by atoms with Gasteiger partial charge in [-0.05, 0) is 24.3 Å². The molecule has 1 aromatic heterocycles. The van der Waals surface area contributed by atoms with Crippen LogP contribution in [-0.2, 0) is 11.3 Å². The Kier molecular flexibility index (Phi) is 5.10. The fourth-order valence-corrected chi connectivity index (χ4v) is 1.99. The Labute approximate surface area is 124 Å². The molecule has 0 aliphatic carbocycles. The topological polar surface area (TPSA) is 101 Å². The van der Waals surface area contributed by atoms with Crippen LogP contribution in [0.15, 0.2) is 36.0 Å². The van der Waals surface area contributed by atoms with E-state index in [9.17, 15) is 9.59 Å². The van der Waals surface area contributed by atoms with Crippen molar-refractivity contribution in [2.75, 3.05) is 11.9 Å².